The second-order valence-corrected chi connectivity index (χ2v) is 9.71. The summed E-state index contributed by atoms with van der Waals surface area (Å²) in [5, 5.41) is 15.1. The van der Waals surface area contributed by atoms with Crippen molar-refractivity contribution in [2.24, 2.45) is 7.05 Å². The van der Waals surface area contributed by atoms with Gasteiger partial charge in [0, 0.05) is 18.1 Å². The molecule has 1 aliphatic rings. The van der Waals surface area contributed by atoms with Gasteiger partial charge < -0.3 is 10.2 Å². The third-order valence-electron chi connectivity index (χ3n) is 5.86. The number of fused-ring (bicyclic) bond motifs is 1. The van der Waals surface area contributed by atoms with Gasteiger partial charge in [0.15, 0.2) is 0 Å². The highest BCUT2D eigenvalue weighted by Crippen LogP contribution is 2.47. The zero-order valence-electron chi connectivity index (χ0n) is 19.0. The molecule has 0 saturated carbocycles. The predicted octanol–water partition coefficient (Wildman–Crippen LogP) is 6.93. The normalized spacial score (nSPS) is 16.3. The molecule has 6 nitrogen and oxygen atoms in total. The lowest BCUT2D eigenvalue weighted by atomic mass is 9.94. The smallest absolute Gasteiger partial charge is 0.384 e. The molecule has 0 saturated heterocycles. The maximum atomic E-state index is 13.8. The van der Waals surface area contributed by atoms with E-state index in [2.05, 4.69) is 36.7 Å². The first kappa shape index (κ1) is 26.5. The summed E-state index contributed by atoms with van der Waals surface area (Å²) in [4.78, 5) is 2.84. The van der Waals surface area contributed by atoms with Gasteiger partial charge in [-0.05, 0) is 75.8 Å². The summed E-state index contributed by atoms with van der Waals surface area (Å²) in [5.41, 5.74) is -0.641. The van der Waals surface area contributed by atoms with Crippen LogP contribution in [0.5, 0.6) is 0 Å². The van der Waals surface area contributed by atoms with Crippen molar-refractivity contribution in [3.8, 4) is 0 Å². The van der Waals surface area contributed by atoms with Crippen LogP contribution in [-0.4, -0.2) is 26.8 Å². The standard InChI is InChI=1S/C22H20BrClF6N6/c1-11-6-15-16(4-3-5-31-19(15)18(23)17(11)22(28,29)30)36(20-32-34-35(2)33-20)10-12-7-13(21(25,26)27)9-14(24)8-12/h6-9,16,31H,3-5,10H2,1-2H3/t16-/m0/s1. The number of rotatable bonds is 4. The molecular weight excluding hydrogens is 578 g/mol. The lowest BCUT2D eigenvalue weighted by Crippen LogP contribution is -2.30. The molecule has 194 valence electrons. The summed E-state index contributed by atoms with van der Waals surface area (Å²) in [6.07, 6.45) is -8.14. The Morgan fingerprint density at radius 2 is 1.86 bits per heavy atom. The molecule has 0 amide bonds. The fourth-order valence-corrected chi connectivity index (χ4v) is 5.56. The van der Waals surface area contributed by atoms with Gasteiger partial charge in [0.05, 0.1) is 34.4 Å². The summed E-state index contributed by atoms with van der Waals surface area (Å²) < 4.78 is 81.4. The monoisotopic (exact) mass is 596 g/mol. The van der Waals surface area contributed by atoms with Crippen molar-refractivity contribution in [1.29, 1.82) is 0 Å². The Balaban J connectivity index is 1.86. The largest absolute Gasteiger partial charge is 0.417 e. The van der Waals surface area contributed by atoms with Gasteiger partial charge in [0.25, 0.3) is 5.95 Å². The molecule has 1 aromatic heterocycles. The molecule has 36 heavy (non-hydrogen) atoms. The zero-order valence-corrected chi connectivity index (χ0v) is 21.3. The van der Waals surface area contributed by atoms with E-state index in [1.54, 1.807) is 4.90 Å². The highest BCUT2D eigenvalue weighted by Gasteiger charge is 2.39. The molecule has 3 aromatic rings. The second kappa shape index (κ2) is 9.73. The van der Waals surface area contributed by atoms with E-state index >= 15 is 0 Å². The van der Waals surface area contributed by atoms with Crippen LogP contribution in [-0.2, 0) is 25.9 Å². The fraction of sp³-hybridized carbons (Fsp3) is 0.409. The van der Waals surface area contributed by atoms with Crippen molar-refractivity contribution >= 4 is 39.2 Å². The van der Waals surface area contributed by atoms with Crippen LogP contribution in [0.15, 0.2) is 28.7 Å². The van der Waals surface area contributed by atoms with Gasteiger partial charge >= 0.3 is 12.4 Å². The molecule has 0 fully saturated rings. The molecule has 4 rings (SSSR count). The number of hydrogen-bond acceptors (Lipinski definition) is 5. The van der Waals surface area contributed by atoms with E-state index in [-0.39, 0.29) is 38.8 Å². The van der Waals surface area contributed by atoms with Gasteiger partial charge in [-0.1, -0.05) is 22.8 Å². The number of nitrogens with one attached hydrogen (secondary N) is 1. The molecule has 0 radical (unpaired) electrons. The highest BCUT2D eigenvalue weighted by molar-refractivity contribution is 9.10. The van der Waals surface area contributed by atoms with E-state index in [0.29, 0.717) is 24.9 Å². The molecule has 2 heterocycles. The van der Waals surface area contributed by atoms with Crippen LogP contribution in [0.3, 0.4) is 0 Å². The summed E-state index contributed by atoms with van der Waals surface area (Å²) in [6, 6.07) is 4.11. The van der Waals surface area contributed by atoms with E-state index in [0.717, 1.165) is 12.1 Å². The Bertz CT molecular complexity index is 1280. The van der Waals surface area contributed by atoms with Gasteiger partial charge in [-0.25, -0.2) is 0 Å². The maximum absolute atomic E-state index is 13.8. The van der Waals surface area contributed by atoms with E-state index in [9.17, 15) is 26.3 Å². The number of anilines is 2. The van der Waals surface area contributed by atoms with Crippen LogP contribution in [0.1, 0.15) is 46.7 Å². The minimum atomic E-state index is -4.61. The number of tetrazole rings is 1. The van der Waals surface area contributed by atoms with Gasteiger partial charge in [-0.3, -0.25) is 0 Å². The number of benzene rings is 2. The van der Waals surface area contributed by atoms with Crippen molar-refractivity contribution < 1.29 is 26.3 Å². The Hall–Kier alpha value is -2.54. The Morgan fingerprint density at radius 1 is 1.14 bits per heavy atom. The van der Waals surface area contributed by atoms with Crippen LogP contribution in [0.2, 0.25) is 5.02 Å². The van der Waals surface area contributed by atoms with E-state index < -0.39 is 29.5 Å². The number of aryl methyl sites for hydroxylation is 2. The van der Waals surface area contributed by atoms with Crippen molar-refractivity contribution in [2.45, 2.75) is 44.7 Å². The molecule has 1 atom stereocenters. The van der Waals surface area contributed by atoms with Gasteiger partial charge in [0.1, 0.15) is 0 Å². The minimum absolute atomic E-state index is 0.0102. The van der Waals surface area contributed by atoms with Crippen molar-refractivity contribution in [3.05, 3.63) is 61.6 Å². The van der Waals surface area contributed by atoms with Crippen LogP contribution in [0, 0.1) is 6.92 Å². The third kappa shape index (κ3) is 5.41. The predicted molar refractivity (Wildman–Crippen MR) is 126 cm³/mol. The lowest BCUT2D eigenvalue weighted by molar-refractivity contribution is -0.139. The Kier molecular flexibility index (Phi) is 7.17. The van der Waals surface area contributed by atoms with Crippen molar-refractivity contribution in [1.82, 2.24) is 20.2 Å². The lowest BCUT2D eigenvalue weighted by Gasteiger charge is -2.32. The summed E-state index contributed by atoms with van der Waals surface area (Å²) >= 11 is 9.14. The highest BCUT2D eigenvalue weighted by atomic mass is 79.9. The van der Waals surface area contributed by atoms with Gasteiger partial charge in [-0.2, -0.15) is 31.1 Å². The first-order valence-corrected chi connectivity index (χ1v) is 11.9. The summed E-state index contributed by atoms with van der Waals surface area (Å²) in [7, 11) is 1.54. The molecule has 0 unspecified atom stereocenters. The first-order valence-electron chi connectivity index (χ1n) is 10.8. The number of hydrogen-bond donors (Lipinski definition) is 1. The number of aromatic nitrogens is 4. The van der Waals surface area contributed by atoms with E-state index in [4.69, 9.17) is 11.6 Å². The quantitative estimate of drug-likeness (QED) is 0.331. The van der Waals surface area contributed by atoms with Gasteiger partial charge in [0.2, 0.25) is 0 Å². The van der Waals surface area contributed by atoms with E-state index in [1.165, 1.54) is 30.9 Å². The average Bonchev–Trinajstić information content (AvgIpc) is 3.06. The van der Waals surface area contributed by atoms with Crippen molar-refractivity contribution in [3.63, 3.8) is 0 Å². The summed E-state index contributed by atoms with van der Waals surface area (Å²) in [6.45, 7) is 1.68. The number of nitrogens with zero attached hydrogens (tertiary/aromatic N) is 5. The van der Waals surface area contributed by atoms with Gasteiger partial charge in [-0.15, -0.1) is 5.10 Å². The second-order valence-electron chi connectivity index (χ2n) is 8.48. The van der Waals surface area contributed by atoms with Crippen LogP contribution < -0.4 is 10.2 Å². The van der Waals surface area contributed by atoms with E-state index in [1.807, 2.05) is 0 Å². The van der Waals surface area contributed by atoms with Crippen LogP contribution >= 0.6 is 27.5 Å². The summed E-state index contributed by atoms with van der Waals surface area (Å²) in [5.74, 6) is 0.123. The Morgan fingerprint density at radius 3 is 2.47 bits per heavy atom. The molecule has 1 N–H and O–H groups in total. The first-order chi connectivity index (χ1) is 16.8. The molecule has 0 spiro atoms. The number of halogens is 8. The van der Waals surface area contributed by atoms with Crippen LogP contribution in [0.4, 0.5) is 38.0 Å². The zero-order chi connectivity index (χ0) is 26.4. The fourth-order valence-electron chi connectivity index (χ4n) is 4.39. The molecule has 0 bridgehead atoms. The topological polar surface area (TPSA) is 58.9 Å². The molecule has 2 aromatic carbocycles. The molecular formula is C22H20BrClF6N6. The minimum Gasteiger partial charge on any atom is -0.384 e. The maximum Gasteiger partial charge on any atom is 0.417 e. The SMILES string of the molecule is Cc1cc2c(c(Br)c1C(F)(F)F)NCCC[C@@H]2N(Cc1cc(Cl)cc(C(F)(F)F)c1)c1nnn(C)n1. The molecule has 0 aliphatic carbocycles. The molecule has 1 aliphatic heterocycles. The Labute approximate surface area is 215 Å². The number of alkyl halides is 6. The average molecular weight is 598 g/mol. The van der Waals surface area contributed by atoms with Crippen molar-refractivity contribution in [2.75, 3.05) is 16.8 Å². The molecule has 14 heteroatoms. The third-order valence-corrected chi connectivity index (χ3v) is 6.87. The van der Waals surface area contributed by atoms with Crippen LogP contribution in [0.25, 0.3) is 0 Å².